The van der Waals surface area contributed by atoms with Crippen molar-refractivity contribution in [2.24, 2.45) is 7.05 Å². The summed E-state index contributed by atoms with van der Waals surface area (Å²) >= 11 is 0. The third-order valence-electron chi connectivity index (χ3n) is 1.81. The van der Waals surface area contributed by atoms with Crippen molar-refractivity contribution in [1.29, 1.82) is 0 Å². The van der Waals surface area contributed by atoms with Gasteiger partial charge in [0.1, 0.15) is 0 Å². The van der Waals surface area contributed by atoms with Gasteiger partial charge in [0.2, 0.25) is 0 Å². The van der Waals surface area contributed by atoms with Crippen LogP contribution in [0.3, 0.4) is 0 Å². The van der Waals surface area contributed by atoms with Crippen LogP contribution in [0.4, 0.5) is 0 Å². The Hall–Kier alpha value is 0.586. The zero-order chi connectivity index (χ0) is 6.97. The SMILES string of the molecule is Cn1ncc2c1[C-]=CCC2.[K+]. The molecule has 1 heterocycles. The maximum absolute atomic E-state index is 4.13. The molecule has 1 aromatic rings. The molecular formula is C8H9KN2. The van der Waals surface area contributed by atoms with E-state index in [4.69, 9.17) is 0 Å². The first-order chi connectivity index (χ1) is 4.88. The quantitative estimate of drug-likeness (QED) is 0.329. The van der Waals surface area contributed by atoms with E-state index in [9.17, 15) is 0 Å². The minimum absolute atomic E-state index is 0. The normalized spacial score (nSPS) is 13.9. The Labute approximate surface area is 109 Å². The van der Waals surface area contributed by atoms with Gasteiger partial charge in [-0.2, -0.15) is 11.6 Å². The molecule has 52 valence electrons. The molecule has 3 heteroatoms. The van der Waals surface area contributed by atoms with Crippen molar-refractivity contribution in [1.82, 2.24) is 9.78 Å². The largest absolute Gasteiger partial charge is 1.00 e. The summed E-state index contributed by atoms with van der Waals surface area (Å²) < 4.78 is 1.87. The van der Waals surface area contributed by atoms with Crippen molar-refractivity contribution in [3.8, 4) is 0 Å². The van der Waals surface area contributed by atoms with Crippen LogP contribution in [0.15, 0.2) is 12.3 Å². The summed E-state index contributed by atoms with van der Waals surface area (Å²) in [5, 5.41) is 4.13. The second kappa shape index (κ2) is 4.00. The maximum atomic E-state index is 4.13. The molecule has 0 fully saturated rings. The number of aryl methyl sites for hydroxylation is 2. The number of nitrogens with zero attached hydrogens (tertiary/aromatic N) is 2. The predicted molar refractivity (Wildman–Crippen MR) is 38.4 cm³/mol. The van der Waals surface area contributed by atoms with Crippen LogP contribution in [0.5, 0.6) is 0 Å². The van der Waals surface area contributed by atoms with Crippen LogP contribution in [-0.2, 0) is 13.5 Å². The Morgan fingerprint density at radius 1 is 1.64 bits per heavy atom. The topological polar surface area (TPSA) is 17.8 Å². The van der Waals surface area contributed by atoms with E-state index in [0.717, 1.165) is 18.5 Å². The van der Waals surface area contributed by atoms with E-state index in [1.165, 1.54) is 5.56 Å². The molecule has 11 heavy (non-hydrogen) atoms. The number of allylic oxidation sites excluding steroid dienone is 1. The molecule has 1 aliphatic carbocycles. The third-order valence-corrected chi connectivity index (χ3v) is 1.81. The second-order valence-corrected chi connectivity index (χ2v) is 2.53. The molecule has 0 N–H and O–H groups in total. The summed E-state index contributed by atoms with van der Waals surface area (Å²) in [4.78, 5) is 0. The summed E-state index contributed by atoms with van der Waals surface area (Å²) in [6, 6.07) is 0. The van der Waals surface area contributed by atoms with Gasteiger partial charge >= 0.3 is 51.4 Å². The fourth-order valence-electron chi connectivity index (χ4n) is 1.25. The molecule has 1 aliphatic rings. The van der Waals surface area contributed by atoms with Gasteiger partial charge in [-0.15, -0.1) is 5.69 Å². The van der Waals surface area contributed by atoms with E-state index in [2.05, 4.69) is 17.3 Å². The fourth-order valence-corrected chi connectivity index (χ4v) is 1.25. The van der Waals surface area contributed by atoms with Gasteiger partial charge in [-0.25, -0.2) is 11.2 Å². The maximum Gasteiger partial charge on any atom is 1.00 e. The minimum Gasteiger partial charge on any atom is -0.306 e. The van der Waals surface area contributed by atoms with Gasteiger partial charge < -0.3 is 4.68 Å². The Kier molecular flexibility index (Phi) is 3.52. The Morgan fingerprint density at radius 2 is 2.45 bits per heavy atom. The number of aromatic nitrogens is 2. The van der Waals surface area contributed by atoms with Gasteiger partial charge in [-0.3, -0.25) is 0 Å². The summed E-state index contributed by atoms with van der Waals surface area (Å²) in [5.41, 5.74) is 2.47. The van der Waals surface area contributed by atoms with E-state index < -0.39 is 0 Å². The minimum atomic E-state index is 0. The predicted octanol–water partition coefficient (Wildman–Crippen LogP) is -1.92. The van der Waals surface area contributed by atoms with E-state index in [1.54, 1.807) is 0 Å². The molecule has 2 rings (SSSR count). The molecule has 0 amide bonds. The van der Waals surface area contributed by atoms with E-state index in [-0.39, 0.29) is 51.4 Å². The number of fused-ring (bicyclic) bond motifs is 1. The zero-order valence-electron chi connectivity index (χ0n) is 6.96. The standard InChI is InChI=1S/C8H9N2.K/c1-10-8-5-3-2-4-7(8)6-9-10;/h3,6H,2,4H2,1H3;/q-1;+1. The van der Waals surface area contributed by atoms with Crippen molar-refractivity contribution >= 4 is 0 Å². The van der Waals surface area contributed by atoms with E-state index in [1.807, 2.05) is 17.9 Å². The fraction of sp³-hybridized carbons (Fsp3) is 0.375. The van der Waals surface area contributed by atoms with Crippen molar-refractivity contribution in [2.75, 3.05) is 0 Å². The van der Waals surface area contributed by atoms with E-state index in [0.29, 0.717) is 0 Å². The third kappa shape index (κ3) is 1.84. The first-order valence-electron chi connectivity index (χ1n) is 3.47. The number of hydrogen-bond donors (Lipinski definition) is 0. The first kappa shape index (κ1) is 9.67. The van der Waals surface area contributed by atoms with Crippen LogP contribution in [0, 0.1) is 6.08 Å². The van der Waals surface area contributed by atoms with Crippen LogP contribution < -0.4 is 51.4 Å². The summed E-state index contributed by atoms with van der Waals surface area (Å²) in [6.45, 7) is 0. The average Bonchev–Trinajstić information content (AvgIpc) is 2.34. The molecule has 0 unspecified atom stereocenters. The second-order valence-electron chi connectivity index (χ2n) is 2.53. The first-order valence-corrected chi connectivity index (χ1v) is 3.47. The van der Waals surface area contributed by atoms with Crippen LogP contribution >= 0.6 is 0 Å². The van der Waals surface area contributed by atoms with Gasteiger partial charge in [0.05, 0.1) is 0 Å². The molecule has 1 aromatic heterocycles. The van der Waals surface area contributed by atoms with Gasteiger partial charge in [-0.1, -0.05) is 12.8 Å². The Balaban J connectivity index is 0.000000605. The molecule has 0 bridgehead atoms. The van der Waals surface area contributed by atoms with Crippen LogP contribution in [0.25, 0.3) is 0 Å². The molecule has 0 radical (unpaired) electrons. The van der Waals surface area contributed by atoms with Gasteiger partial charge in [-0.05, 0) is 6.20 Å². The molecule has 0 spiro atoms. The number of hydrogen-bond acceptors (Lipinski definition) is 1. The van der Waals surface area contributed by atoms with Gasteiger partial charge in [0.15, 0.2) is 0 Å². The summed E-state index contributed by atoms with van der Waals surface area (Å²) in [5.74, 6) is 0. The summed E-state index contributed by atoms with van der Waals surface area (Å²) in [6.07, 6.45) is 9.42. The van der Waals surface area contributed by atoms with Crippen molar-refractivity contribution in [3.63, 3.8) is 0 Å². The smallest absolute Gasteiger partial charge is 0.306 e. The molecule has 0 aromatic carbocycles. The molecular weight excluding hydrogens is 163 g/mol. The Bertz CT molecular complexity index is 276. The van der Waals surface area contributed by atoms with Crippen molar-refractivity contribution in [2.45, 2.75) is 12.8 Å². The van der Waals surface area contributed by atoms with E-state index >= 15 is 0 Å². The van der Waals surface area contributed by atoms with Crippen molar-refractivity contribution in [3.05, 3.63) is 29.6 Å². The summed E-state index contributed by atoms with van der Waals surface area (Å²) in [7, 11) is 1.95. The molecule has 0 aliphatic heterocycles. The Morgan fingerprint density at radius 3 is 3.18 bits per heavy atom. The molecule has 0 atom stereocenters. The zero-order valence-corrected chi connectivity index (χ0v) is 10.1. The van der Waals surface area contributed by atoms with Crippen LogP contribution in [0.1, 0.15) is 17.7 Å². The monoisotopic (exact) mass is 172 g/mol. The van der Waals surface area contributed by atoms with Gasteiger partial charge in [0.25, 0.3) is 0 Å². The van der Waals surface area contributed by atoms with Crippen LogP contribution in [0.2, 0.25) is 0 Å². The van der Waals surface area contributed by atoms with Crippen LogP contribution in [-0.4, -0.2) is 9.78 Å². The molecule has 2 nitrogen and oxygen atoms in total. The number of rotatable bonds is 0. The average molecular weight is 172 g/mol. The van der Waals surface area contributed by atoms with Crippen molar-refractivity contribution < 1.29 is 51.4 Å². The molecule has 0 saturated heterocycles. The van der Waals surface area contributed by atoms with Gasteiger partial charge in [0, 0.05) is 7.05 Å². The molecule has 0 saturated carbocycles.